The van der Waals surface area contributed by atoms with Gasteiger partial charge in [0.15, 0.2) is 0 Å². The van der Waals surface area contributed by atoms with E-state index in [-0.39, 0.29) is 22.3 Å². The van der Waals surface area contributed by atoms with Crippen LogP contribution >= 0.6 is 0 Å². The van der Waals surface area contributed by atoms with Crippen LogP contribution in [0.25, 0.3) is 0 Å². The summed E-state index contributed by atoms with van der Waals surface area (Å²) in [6, 6.07) is 3.80. The number of carboxylic acids is 1. The third kappa shape index (κ3) is 3.17. The minimum absolute atomic E-state index is 0.0433. The number of methoxy groups -OCH3 is 1. The average Bonchev–Trinajstić information content (AvgIpc) is 2.47. The zero-order valence-corrected chi connectivity index (χ0v) is 12.5. The maximum absolute atomic E-state index is 12.6. The normalized spacial score (nSPS) is 17.8. The highest BCUT2D eigenvalue weighted by Gasteiger charge is 2.32. The largest absolute Gasteiger partial charge is 0.478 e. The van der Waals surface area contributed by atoms with Gasteiger partial charge in [-0.15, -0.1) is 0 Å². The summed E-state index contributed by atoms with van der Waals surface area (Å²) in [5.74, 6) is -1.31. The molecule has 0 radical (unpaired) electrons. The number of hydrogen-bond donors (Lipinski definition) is 2. The molecule has 1 aliphatic rings. The van der Waals surface area contributed by atoms with Gasteiger partial charge in [0, 0.05) is 25.9 Å². The van der Waals surface area contributed by atoms with Gasteiger partial charge in [0.25, 0.3) is 0 Å². The number of anilines is 1. The lowest BCUT2D eigenvalue weighted by Gasteiger charge is -2.30. The first-order valence-corrected chi connectivity index (χ1v) is 7.96. The maximum atomic E-state index is 12.6. The smallest absolute Gasteiger partial charge is 0.337 e. The fourth-order valence-electron chi connectivity index (χ4n) is 2.39. The van der Waals surface area contributed by atoms with E-state index in [1.165, 1.54) is 16.4 Å². The molecule has 0 aliphatic carbocycles. The lowest BCUT2D eigenvalue weighted by atomic mass is 10.1. The SMILES string of the molecule is COC1CCN(S(=O)(=O)c2ccc(N)cc2C(=O)O)CC1. The molecule has 116 valence electrons. The van der Waals surface area contributed by atoms with Gasteiger partial charge in [-0.3, -0.25) is 0 Å². The van der Waals surface area contributed by atoms with E-state index in [1.54, 1.807) is 7.11 Å². The Morgan fingerprint density at radius 1 is 1.38 bits per heavy atom. The number of nitrogen functional groups attached to an aromatic ring is 1. The Labute approximate surface area is 123 Å². The topological polar surface area (TPSA) is 110 Å². The summed E-state index contributed by atoms with van der Waals surface area (Å²) in [4.78, 5) is 11.0. The van der Waals surface area contributed by atoms with Gasteiger partial charge in [-0.05, 0) is 31.0 Å². The molecule has 3 N–H and O–H groups in total. The van der Waals surface area contributed by atoms with Crippen LogP contribution in [0.15, 0.2) is 23.1 Å². The maximum Gasteiger partial charge on any atom is 0.337 e. The number of ether oxygens (including phenoxy) is 1. The minimum Gasteiger partial charge on any atom is -0.478 e. The van der Waals surface area contributed by atoms with Crippen molar-refractivity contribution in [3.63, 3.8) is 0 Å². The second kappa shape index (κ2) is 6.00. The lowest BCUT2D eigenvalue weighted by molar-refractivity contribution is 0.0602. The first-order valence-electron chi connectivity index (χ1n) is 6.52. The molecule has 7 nitrogen and oxygen atoms in total. The number of hydrogen-bond acceptors (Lipinski definition) is 5. The average molecular weight is 314 g/mol. The first kappa shape index (κ1) is 15.7. The summed E-state index contributed by atoms with van der Waals surface area (Å²) >= 11 is 0. The van der Waals surface area contributed by atoms with Crippen LogP contribution in [-0.4, -0.2) is 50.1 Å². The second-order valence-electron chi connectivity index (χ2n) is 4.90. The van der Waals surface area contributed by atoms with E-state index in [0.717, 1.165) is 6.07 Å². The molecule has 1 aliphatic heterocycles. The minimum atomic E-state index is -3.84. The monoisotopic (exact) mass is 314 g/mol. The van der Waals surface area contributed by atoms with E-state index < -0.39 is 16.0 Å². The van der Waals surface area contributed by atoms with Crippen LogP contribution in [0.3, 0.4) is 0 Å². The van der Waals surface area contributed by atoms with Gasteiger partial charge in [0.1, 0.15) is 0 Å². The number of sulfonamides is 1. The summed E-state index contributed by atoms with van der Waals surface area (Å²) in [5.41, 5.74) is 5.45. The van der Waals surface area contributed by atoms with Gasteiger partial charge >= 0.3 is 5.97 Å². The zero-order valence-electron chi connectivity index (χ0n) is 11.7. The van der Waals surface area contributed by atoms with Crippen molar-refractivity contribution < 1.29 is 23.1 Å². The number of nitrogens with two attached hydrogens (primary N) is 1. The van der Waals surface area contributed by atoms with Crippen LogP contribution in [0.4, 0.5) is 5.69 Å². The van der Waals surface area contributed by atoms with E-state index in [0.29, 0.717) is 25.9 Å². The Balaban J connectivity index is 2.34. The molecule has 0 saturated carbocycles. The molecule has 1 aromatic carbocycles. The van der Waals surface area contributed by atoms with Crippen LogP contribution in [0.2, 0.25) is 0 Å². The number of carbonyl (C=O) groups is 1. The van der Waals surface area contributed by atoms with Crippen molar-refractivity contribution in [1.82, 2.24) is 4.31 Å². The van der Waals surface area contributed by atoms with E-state index in [1.807, 2.05) is 0 Å². The molecule has 0 bridgehead atoms. The van der Waals surface area contributed by atoms with Gasteiger partial charge in [-0.25, -0.2) is 13.2 Å². The fraction of sp³-hybridized carbons (Fsp3) is 0.462. The summed E-state index contributed by atoms with van der Waals surface area (Å²) in [6.45, 7) is 0.620. The predicted molar refractivity (Wildman–Crippen MR) is 76.6 cm³/mol. The van der Waals surface area contributed by atoms with Gasteiger partial charge < -0.3 is 15.6 Å². The van der Waals surface area contributed by atoms with E-state index in [2.05, 4.69) is 0 Å². The molecule has 21 heavy (non-hydrogen) atoms. The van der Waals surface area contributed by atoms with Crippen molar-refractivity contribution in [2.45, 2.75) is 23.8 Å². The van der Waals surface area contributed by atoms with Crippen molar-refractivity contribution in [3.8, 4) is 0 Å². The van der Waals surface area contributed by atoms with Crippen LogP contribution in [0.5, 0.6) is 0 Å². The second-order valence-corrected chi connectivity index (χ2v) is 6.81. The molecule has 0 unspecified atom stereocenters. The number of benzene rings is 1. The van der Waals surface area contributed by atoms with Gasteiger partial charge in [-0.2, -0.15) is 4.31 Å². The third-order valence-corrected chi connectivity index (χ3v) is 5.54. The van der Waals surface area contributed by atoms with Crippen LogP contribution in [-0.2, 0) is 14.8 Å². The molecule has 2 rings (SSSR count). The highest BCUT2D eigenvalue weighted by molar-refractivity contribution is 7.89. The summed E-state index contributed by atoms with van der Waals surface area (Å²) in [6.07, 6.45) is 1.22. The van der Waals surface area contributed by atoms with E-state index >= 15 is 0 Å². The molecule has 8 heteroatoms. The summed E-state index contributed by atoms with van der Waals surface area (Å²) in [7, 11) is -2.25. The lowest BCUT2D eigenvalue weighted by Crippen LogP contribution is -2.41. The van der Waals surface area contributed by atoms with Gasteiger partial charge in [0.05, 0.1) is 16.6 Å². The van der Waals surface area contributed by atoms with Crippen molar-refractivity contribution in [1.29, 1.82) is 0 Å². The van der Waals surface area contributed by atoms with Gasteiger partial charge in [-0.1, -0.05) is 0 Å². The molecule has 0 spiro atoms. The number of rotatable bonds is 4. The first-order chi connectivity index (χ1) is 9.86. The molecule has 0 aromatic heterocycles. The van der Waals surface area contributed by atoms with Crippen molar-refractivity contribution in [2.24, 2.45) is 0 Å². The van der Waals surface area contributed by atoms with E-state index in [9.17, 15) is 18.3 Å². The Kier molecular flexibility index (Phi) is 4.50. The highest BCUT2D eigenvalue weighted by atomic mass is 32.2. The van der Waals surface area contributed by atoms with Crippen molar-refractivity contribution in [3.05, 3.63) is 23.8 Å². The Bertz CT molecular complexity index is 636. The molecule has 1 saturated heterocycles. The van der Waals surface area contributed by atoms with Gasteiger partial charge in [0.2, 0.25) is 10.0 Å². The molecular weight excluding hydrogens is 296 g/mol. The summed E-state index contributed by atoms with van der Waals surface area (Å²) < 4.78 is 31.7. The molecule has 1 aromatic rings. The third-order valence-electron chi connectivity index (χ3n) is 3.59. The Morgan fingerprint density at radius 2 is 2.00 bits per heavy atom. The fourth-order valence-corrected chi connectivity index (χ4v) is 4.02. The van der Waals surface area contributed by atoms with Crippen LogP contribution in [0.1, 0.15) is 23.2 Å². The van der Waals surface area contributed by atoms with Crippen molar-refractivity contribution in [2.75, 3.05) is 25.9 Å². The molecule has 0 amide bonds. The quantitative estimate of drug-likeness (QED) is 0.794. The summed E-state index contributed by atoms with van der Waals surface area (Å²) in [5, 5.41) is 9.17. The predicted octanol–water partition coefficient (Wildman–Crippen LogP) is 0.766. The van der Waals surface area contributed by atoms with Crippen LogP contribution in [0, 0.1) is 0 Å². The highest BCUT2D eigenvalue weighted by Crippen LogP contribution is 2.25. The Morgan fingerprint density at radius 3 is 2.52 bits per heavy atom. The molecule has 0 atom stereocenters. The zero-order chi connectivity index (χ0) is 15.6. The van der Waals surface area contributed by atoms with Crippen molar-refractivity contribution >= 4 is 21.7 Å². The molecule has 1 fully saturated rings. The Hall–Kier alpha value is -1.64. The standard InChI is InChI=1S/C13H18N2O5S/c1-20-10-4-6-15(7-5-10)21(18,19)12-3-2-9(14)8-11(12)13(16)17/h2-3,8,10H,4-7,14H2,1H3,(H,16,17). The van der Waals surface area contributed by atoms with Crippen LogP contribution < -0.4 is 5.73 Å². The molecule has 1 heterocycles. The number of nitrogens with zero attached hydrogens (tertiary/aromatic N) is 1. The molecular formula is C13H18N2O5S. The number of piperidine rings is 1. The number of carboxylic acid groups (broad SMARTS) is 1. The van der Waals surface area contributed by atoms with E-state index in [4.69, 9.17) is 10.5 Å². The number of aromatic carboxylic acids is 1.